The molecule has 0 heterocycles. The van der Waals surface area contributed by atoms with Gasteiger partial charge in [0.1, 0.15) is 18.4 Å². The smallest absolute Gasteiger partial charge is 0.264 e. The Kier molecular flexibility index (Phi) is 10.4. The second-order valence-electron chi connectivity index (χ2n) is 11.1. The van der Waals surface area contributed by atoms with Gasteiger partial charge in [-0.2, -0.15) is 0 Å². The zero-order valence-electron chi connectivity index (χ0n) is 24.6. The summed E-state index contributed by atoms with van der Waals surface area (Å²) in [6.07, 6.45) is 5.35. The lowest BCUT2D eigenvalue weighted by molar-refractivity contribution is -0.140. The van der Waals surface area contributed by atoms with Crippen molar-refractivity contribution in [2.45, 2.75) is 82.8 Å². The topological polar surface area (TPSA) is 86.8 Å². The second kappa shape index (κ2) is 14.0. The third-order valence-electron chi connectivity index (χ3n) is 7.71. The fourth-order valence-corrected chi connectivity index (χ4v) is 7.01. The molecule has 224 valence electrons. The van der Waals surface area contributed by atoms with Gasteiger partial charge in [0.05, 0.1) is 10.6 Å². The van der Waals surface area contributed by atoms with Gasteiger partial charge < -0.3 is 10.2 Å². The van der Waals surface area contributed by atoms with Gasteiger partial charge in [0.2, 0.25) is 11.8 Å². The number of aryl methyl sites for hydroxylation is 2. The first-order valence-corrected chi connectivity index (χ1v) is 16.0. The number of sulfonamides is 1. The van der Waals surface area contributed by atoms with Crippen molar-refractivity contribution >= 4 is 27.5 Å². The largest absolute Gasteiger partial charge is 0.352 e. The summed E-state index contributed by atoms with van der Waals surface area (Å²) < 4.78 is 42.8. The summed E-state index contributed by atoms with van der Waals surface area (Å²) in [5.74, 6) is -1.19. The van der Waals surface area contributed by atoms with E-state index in [1.807, 2.05) is 26.8 Å². The van der Waals surface area contributed by atoms with Crippen LogP contribution in [0.5, 0.6) is 0 Å². The van der Waals surface area contributed by atoms with E-state index in [0.717, 1.165) is 47.5 Å². The number of nitrogens with zero attached hydrogens (tertiary/aromatic N) is 2. The van der Waals surface area contributed by atoms with Crippen molar-refractivity contribution in [3.05, 3.63) is 95.3 Å². The van der Waals surface area contributed by atoms with E-state index in [9.17, 15) is 22.4 Å². The number of hydrogen-bond donors (Lipinski definition) is 1. The van der Waals surface area contributed by atoms with E-state index in [-0.39, 0.29) is 23.4 Å². The van der Waals surface area contributed by atoms with Crippen LogP contribution < -0.4 is 9.62 Å². The Morgan fingerprint density at radius 3 is 2.14 bits per heavy atom. The van der Waals surface area contributed by atoms with Gasteiger partial charge in [-0.1, -0.05) is 62.6 Å². The molecule has 9 heteroatoms. The summed E-state index contributed by atoms with van der Waals surface area (Å²) in [5, 5.41) is 3.13. The minimum atomic E-state index is -4.13. The average molecular weight is 594 g/mol. The fourth-order valence-electron chi connectivity index (χ4n) is 5.59. The van der Waals surface area contributed by atoms with E-state index in [1.54, 1.807) is 42.5 Å². The van der Waals surface area contributed by atoms with E-state index < -0.39 is 34.3 Å². The molecular formula is C33H40FN3O4S. The Balaban J connectivity index is 1.71. The van der Waals surface area contributed by atoms with Gasteiger partial charge in [-0.05, 0) is 86.2 Å². The number of anilines is 1. The molecule has 3 aromatic carbocycles. The molecule has 0 radical (unpaired) electrons. The van der Waals surface area contributed by atoms with Crippen molar-refractivity contribution < 1.29 is 22.4 Å². The molecule has 42 heavy (non-hydrogen) atoms. The average Bonchev–Trinajstić information content (AvgIpc) is 2.97. The third kappa shape index (κ3) is 7.76. The van der Waals surface area contributed by atoms with Gasteiger partial charge in [-0.25, -0.2) is 12.8 Å². The molecule has 0 unspecified atom stereocenters. The summed E-state index contributed by atoms with van der Waals surface area (Å²) in [4.78, 5) is 29.3. The minimum absolute atomic E-state index is 0.0295. The quantitative estimate of drug-likeness (QED) is 0.300. The molecular weight excluding hydrogens is 553 g/mol. The highest BCUT2D eigenvalue weighted by Gasteiger charge is 2.34. The van der Waals surface area contributed by atoms with E-state index in [4.69, 9.17) is 0 Å². The van der Waals surface area contributed by atoms with E-state index >= 15 is 0 Å². The highest BCUT2D eigenvalue weighted by atomic mass is 32.2. The van der Waals surface area contributed by atoms with Crippen molar-refractivity contribution in [2.24, 2.45) is 0 Å². The molecule has 0 saturated heterocycles. The zero-order valence-corrected chi connectivity index (χ0v) is 25.4. The Morgan fingerprint density at radius 2 is 1.55 bits per heavy atom. The van der Waals surface area contributed by atoms with Gasteiger partial charge in [-0.15, -0.1) is 0 Å². The molecule has 0 aromatic heterocycles. The van der Waals surface area contributed by atoms with Gasteiger partial charge in [0.25, 0.3) is 10.0 Å². The van der Waals surface area contributed by atoms with Crippen LogP contribution in [-0.2, 0) is 26.2 Å². The summed E-state index contributed by atoms with van der Waals surface area (Å²) in [6, 6.07) is 18.4. The number of carbonyl (C=O) groups excluding carboxylic acids is 2. The molecule has 0 spiro atoms. The summed E-state index contributed by atoms with van der Waals surface area (Å²) >= 11 is 0. The number of halogens is 1. The molecule has 7 nitrogen and oxygen atoms in total. The van der Waals surface area contributed by atoms with Crippen LogP contribution in [0, 0.1) is 19.7 Å². The van der Waals surface area contributed by atoms with E-state index in [1.165, 1.54) is 29.2 Å². The van der Waals surface area contributed by atoms with E-state index in [2.05, 4.69) is 5.32 Å². The highest BCUT2D eigenvalue weighted by molar-refractivity contribution is 7.92. The Morgan fingerprint density at radius 1 is 0.929 bits per heavy atom. The van der Waals surface area contributed by atoms with Gasteiger partial charge in [0.15, 0.2) is 0 Å². The van der Waals surface area contributed by atoms with Gasteiger partial charge in [-0.3, -0.25) is 13.9 Å². The maximum Gasteiger partial charge on any atom is 0.264 e. The third-order valence-corrected chi connectivity index (χ3v) is 9.50. The van der Waals surface area contributed by atoms with Crippen molar-refractivity contribution in [1.29, 1.82) is 0 Å². The maximum absolute atomic E-state index is 14.2. The fraction of sp³-hybridized carbons (Fsp3) is 0.394. The second-order valence-corrected chi connectivity index (χ2v) is 12.9. The highest BCUT2D eigenvalue weighted by Crippen LogP contribution is 2.27. The molecule has 0 aliphatic heterocycles. The molecule has 1 fully saturated rings. The van der Waals surface area contributed by atoms with Crippen LogP contribution in [0.25, 0.3) is 0 Å². The monoisotopic (exact) mass is 593 g/mol. The number of benzene rings is 3. The predicted molar refractivity (Wildman–Crippen MR) is 163 cm³/mol. The Bertz CT molecular complexity index is 1450. The number of amides is 2. The summed E-state index contributed by atoms with van der Waals surface area (Å²) in [5.41, 5.74) is 2.71. The van der Waals surface area contributed by atoms with Crippen LogP contribution in [0.3, 0.4) is 0 Å². The molecule has 4 rings (SSSR count). The van der Waals surface area contributed by atoms with Crippen LogP contribution in [-0.4, -0.2) is 43.8 Å². The molecule has 1 N–H and O–H groups in total. The molecule has 1 saturated carbocycles. The molecule has 1 atom stereocenters. The van der Waals surface area contributed by atoms with Crippen LogP contribution >= 0.6 is 0 Å². The van der Waals surface area contributed by atoms with Crippen LogP contribution in [0.1, 0.15) is 62.1 Å². The lowest BCUT2D eigenvalue weighted by Crippen LogP contribution is -2.54. The minimum Gasteiger partial charge on any atom is -0.352 e. The maximum atomic E-state index is 14.2. The van der Waals surface area contributed by atoms with Crippen molar-refractivity contribution in [3.8, 4) is 0 Å². The normalized spacial score (nSPS) is 14.7. The van der Waals surface area contributed by atoms with Crippen molar-refractivity contribution in [3.63, 3.8) is 0 Å². The first-order valence-electron chi connectivity index (χ1n) is 14.6. The SMILES string of the molecule is CC[C@H](C(=O)NC1CCCCC1)N(Cc1ccc(F)cc1)C(=O)CN(c1cc(C)cc(C)c1)S(=O)(=O)c1ccccc1. The van der Waals surface area contributed by atoms with Crippen LogP contribution in [0.15, 0.2) is 77.7 Å². The van der Waals surface area contributed by atoms with Gasteiger partial charge >= 0.3 is 0 Å². The Labute approximate surface area is 248 Å². The first kappa shape index (κ1) is 31.2. The van der Waals surface area contributed by atoms with Crippen LogP contribution in [0.2, 0.25) is 0 Å². The summed E-state index contributed by atoms with van der Waals surface area (Å²) in [6.45, 7) is 5.10. The van der Waals surface area contributed by atoms with Gasteiger partial charge in [0, 0.05) is 12.6 Å². The standard InChI is InChI=1S/C33H40FN3O4S/c1-4-31(33(39)35-28-11-7-5-8-12-28)36(22-26-15-17-27(34)18-16-26)32(38)23-37(29-20-24(2)19-25(3)21-29)42(40,41)30-13-9-6-10-14-30/h6,9-10,13-21,28,31H,4-5,7-8,11-12,22-23H2,1-3H3,(H,35,39)/t31-/m1/s1. The summed E-state index contributed by atoms with van der Waals surface area (Å²) in [7, 11) is -4.13. The number of rotatable bonds is 11. The lowest BCUT2D eigenvalue weighted by atomic mass is 9.95. The predicted octanol–water partition coefficient (Wildman–Crippen LogP) is 5.89. The van der Waals surface area contributed by atoms with Crippen LogP contribution in [0.4, 0.5) is 10.1 Å². The molecule has 3 aromatic rings. The van der Waals surface area contributed by atoms with Crippen molar-refractivity contribution in [2.75, 3.05) is 10.8 Å². The van der Waals surface area contributed by atoms with E-state index in [0.29, 0.717) is 17.7 Å². The molecule has 2 amide bonds. The Hall–Kier alpha value is -3.72. The first-order chi connectivity index (χ1) is 20.1. The zero-order chi connectivity index (χ0) is 30.3. The number of nitrogens with one attached hydrogen (secondary N) is 1. The lowest BCUT2D eigenvalue weighted by Gasteiger charge is -2.34. The molecule has 1 aliphatic rings. The van der Waals surface area contributed by atoms with Crippen molar-refractivity contribution in [1.82, 2.24) is 10.2 Å². The number of hydrogen-bond acceptors (Lipinski definition) is 4. The molecule has 0 bridgehead atoms. The molecule has 1 aliphatic carbocycles. The number of carbonyl (C=O) groups is 2.